The van der Waals surface area contributed by atoms with Crippen LogP contribution in [-0.2, 0) is 4.79 Å². The lowest BCUT2D eigenvalue weighted by Crippen LogP contribution is -2.36. The van der Waals surface area contributed by atoms with Gasteiger partial charge in [0, 0.05) is 19.4 Å². The van der Waals surface area contributed by atoms with Crippen LogP contribution >= 0.6 is 0 Å². The van der Waals surface area contributed by atoms with Crippen LogP contribution in [0.3, 0.4) is 0 Å². The first-order valence-corrected chi connectivity index (χ1v) is 4.95. The first kappa shape index (κ1) is 9.90. The summed E-state index contributed by atoms with van der Waals surface area (Å²) in [5, 5.41) is 11.9. The van der Waals surface area contributed by atoms with Gasteiger partial charge in [0.2, 0.25) is 17.0 Å². The van der Waals surface area contributed by atoms with Crippen LogP contribution in [0.5, 0.6) is 0 Å². The van der Waals surface area contributed by atoms with Crippen LogP contribution in [0.2, 0.25) is 0 Å². The van der Waals surface area contributed by atoms with Gasteiger partial charge in [0.15, 0.2) is 0 Å². The van der Waals surface area contributed by atoms with Crippen LogP contribution in [0.4, 0.5) is 0 Å². The van der Waals surface area contributed by atoms with Gasteiger partial charge < -0.3 is 5.21 Å². The van der Waals surface area contributed by atoms with E-state index in [2.05, 4.69) is 0 Å². The largest absolute Gasteiger partial charge is 0.623 e. The monoisotopic (exact) mass is 203 g/mol. The van der Waals surface area contributed by atoms with E-state index < -0.39 is 5.54 Å². The number of hydroxylamine groups is 1. The standard InChI is InChI=1S/C12H13NO2/c1-12(2)11(14)8-10(13(12)15)9-6-4-3-5-7-9/h3-7H,8H2,1-2H3. The van der Waals surface area contributed by atoms with Gasteiger partial charge in [0.25, 0.3) is 0 Å². The summed E-state index contributed by atoms with van der Waals surface area (Å²) in [5.74, 6) is -0.0173. The van der Waals surface area contributed by atoms with Crippen LogP contribution < -0.4 is 0 Å². The molecule has 1 aromatic rings. The Hall–Kier alpha value is -1.64. The van der Waals surface area contributed by atoms with Crippen molar-refractivity contribution in [1.29, 1.82) is 0 Å². The predicted octanol–water partition coefficient (Wildman–Crippen LogP) is 1.74. The van der Waals surface area contributed by atoms with E-state index in [-0.39, 0.29) is 12.2 Å². The van der Waals surface area contributed by atoms with E-state index in [4.69, 9.17) is 0 Å². The summed E-state index contributed by atoms with van der Waals surface area (Å²) in [6, 6.07) is 9.34. The lowest BCUT2D eigenvalue weighted by Gasteiger charge is -2.16. The summed E-state index contributed by atoms with van der Waals surface area (Å²) in [6.45, 7) is 3.33. The summed E-state index contributed by atoms with van der Waals surface area (Å²) in [6.07, 6.45) is 0.237. The number of benzene rings is 1. The molecule has 0 radical (unpaired) electrons. The third kappa shape index (κ3) is 1.44. The van der Waals surface area contributed by atoms with Crippen molar-refractivity contribution in [3.63, 3.8) is 0 Å². The minimum atomic E-state index is -0.912. The second kappa shape index (κ2) is 3.19. The zero-order valence-corrected chi connectivity index (χ0v) is 8.86. The highest BCUT2D eigenvalue weighted by molar-refractivity contribution is 6.13. The summed E-state index contributed by atoms with van der Waals surface area (Å²) >= 11 is 0. The van der Waals surface area contributed by atoms with Crippen molar-refractivity contribution < 1.29 is 9.53 Å². The molecule has 15 heavy (non-hydrogen) atoms. The summed E-state index contributed by atoms with van der Waals surface area (Å²) < 4.78 is 0.838. The lowest BCUT2D eigenvalue weighted by molar-refractivity contribution is -0.515. The number of carbonyl (C=O) groups excluding carboxylic acids is 1. The molecule has 1 aromatic carbocycles. The molecule has 2 rings (SSSR count). The van der Waals surface area contributed by atoms with Gasteiger partial charge >= 0.3 is 0 Å². The summed E-state index contributed by atoms with van der Waals surface area (Å²) in [4.78, 5) is 11.6. The van der Waals surface area contributed by atoms with Gasteiger partial charge in [-0.15, -0.1) is 0 Å². The van der Waals surface area contributed by atoms with E-state index in [9.17, 15) is 10.0 Å². The molecule has 0 unspecified atom stereocenters. The maximum absolute atomic E-state index is 11.9. The molecule has 3 nitrogen and oxygen atoms in total. The first-order chi connectivity index (χ1) is 7.03. The molecule has 0 fully saturated rings. The van der Waals surface area contributed by atoms with Gasteiger partial charge in [-0.2, -0.15) is 4.74 Å². The average molecular weight is 203 g/mol. The summed E-state index contributed by atoms with van der Waals surface area (Å²) in [7, 11) is 0. The van der Waals surface area contributed by atoms with Crippen LogP contribution in [0.15, 0.2) is 30.3 Å². The highest BCUT2D eigenvalue weighted by Crippen LogP contribution is 2.23. The Bertz CT molecular complexity index is 432. The molecule has 1 aliphatic heterocycles. The van der Waals surface area contributed by atoms with Crippen LogP contribution in [0.25, 0.3) is 0 Å². The SMILES string of the molecule is CC1(C)C(=O)CC(c2ccccc2)=[N+]1[O-]. The Morgan fingerprint density at radius 3 is 2.33 bits per heavy atom. The van der Waals surface area contributed by atoms with Crippen molar-refractivity contribution in [2.45, 2.75) is 25.8 Å². The maximum atomic E-state index is 11.9. The molecular weight excluding hydrogens is 190 g/mol. The minimum absolute atomic E-state index is 0.0173. The molecule has 1 aliphatic rings. The number of Topliss-reactive ketones (excluding diaryl/α,β-unsaturated/α-hetero) is 1. The highest BCUT2D eigenvalue weighted by Gasteiger charge is 2.45. The number of carbonyl (C=O) groups is 1. The molecule has 0 aliphatic carbocycles. The fraction of sp³-hybridized carbons (Fsp3) is 0.333. The van der Waals surface area contributed by atoms with Crippen molar-refractivity contribution in [2.24, 2.45) is 0 Å². The quantitative estimate of drug-likeness (QED) is 0.515. The topological polar surface area (TPSA) is 43.1 Å². The van der Waals surface area contributed by atoms with Crippen LogP contribution in [-0.4, -0.2) is 21.8 Å². The van der Waals surface area contributed by atoms with Gasteiger partial charge in [-0.25, -0.2) is 0 Å². The Kier molecular flexibility index (Phi) is 2.11. The fourth-order valence-corrected chi connectivity index (χ4v) is 1.74. The van der Waals surface area contributed by atoms with Gasteiger partial charge in [-0.3, -0.25) is 4.79 Å². The van der Waals surface area contributed by atoms with E-state index in [0.717, 1.165) is 10.3 Å². The van der Waals surface area contributed by atoms with Gasteiger partial charge in [0.1, 0.15) is 0 Å². The Balaban J connectivity index is 2.49. The number of nitrogens with zero attached hydrogens (tertiary/aromatic N) is 1. The van der Waals surface area contributed by atoms with Crippen molar-refractivity contribution in [3.05, 3.63) is 41.1 Å². The Morgan fingerprint density at radius 2 is 1.87 bits per heavy atom. The van der Waals surface area contributed by atoms with Gasteiger partial charge in [0.05, 0.1) is 6.42 Å². The van der Waals surface area contributed by atoms with Gasteiger partial charge in [-0.1, -0.05) is 18.2 Å². The average Bonchev–Trinajstić information content (AvgIpc) is 2.44. The van der Waals surface area contributed by atoms with Crippen molar-refractivity contribution >= 4 is 11.5 Å². The molecule has 0 spiro atoms. The molecule has 0 saturated heterocycles. The number of rotatable bonds is 1. The molecular formula is C12H13NO2. The highest BCUT2D eigenvalue weighted by atomic mass is 16.5. The second-order valence-electron chi connectivity index (χ2n) is 4.27. The molecule has 0 saturated carbocycles. The van der Waals surface area contributed by atoms with Gasteiger partial charge in [-0.05, 0) is 12.1 Å². The van der Waals surface area contributed by atoms with E-state index in [1.807, 2.05) is 30.3 Å². The Labute approximate surface area is 88.6 Å². The van der Waals surface area contributed by atoms with Crippen LogP contribution in [0, 0.1) is 5.21 Å². The number of hydrogen-bond acceptors (Lipinski definition) is 2. The number of ketones is 1. The second-order valence-corrected chi connectivity index (χ2v) is 4.27. The van der Waals surface area contributed by atoms with Crippen LogP contribution in [0.1, 0.15) is 25.8 Å². The first-order valence-electron chi connectivity index (χ1n) is 4.95. The van der Waals surface area contributed by atoms with E-state index >= 15 is 0 Å². The fourth-order valence-electron chi connectivity index (χ4n) is 1.74. The zero-order chi connectivity index (χ0) is 11.1. The van der Waals surface area contributed by atoms with Crippen molar-refractivity contribution in [2.75, 3.05) is 0 Å². The van der Waals surface area contributed by atoms with E-state index in [1.54, 1.807) is 13.8 Å². The van der Waals surface area contributed by atoms with Crippen molar-refractivity contribution in [3.8, 4) is 0 Å². The van der Waals surface area contributed by atoms with Crippen molar-refractivity contribution in [1.82, 2.24) is 0 Å². The molecule has 78 valence electrons. The normalized spacial score (nSPS) is 19.7. The molecule has 0 amide bonds. The molecule has 0 N–H and O–H groups in total. The molecule has 0 aromatic heterocycles. The lowest BCUT2D eigenvalue weighted by atomic mass is 9.99. The van der Waals surface area contributed by atoms with E-state index in [1.165, 1.54) is 0 Å². The summed E-state index contributed by atoms with van der Waals surface area (Å²) in [5.41, 5.74) is 0.502. The molecule has 3 heteroatoms. The molecule has 1 heterocycles. The smallest absolute Gasteiger partial charge is 0.225 e. The molecule has 0 atom stereocenters. The Morgan fingerprint density at radius 1 is 1.27 bits per heavy atom. The third-order valence-electron chi connectivity index (χ3n) is 2.87. The maximum Gasteiger partial charge on any atom is 0.225 e. The molecule has 0 bridgehead atoms. The number of hydrogen-bond donors (Lipinski definition) is 0. The third-order valence-corrected chi connectivity index (χ3v) is 2.87. The predicted molar refractivity (Wildman–Crippen MR) is 57.9 cm³/mol. The zero-order valence-electron chi connectivity index (χ0n) is 8.86. The van der Waals surface area contributed by atoms with E-state index in [0.29, 0.717) is 5.71 Å². The minimum Gasteiger partial charge on any atom is -0.623 e.